The van der Waals surface area contributed by atoms with Gasteiger partial charge < -0.3 is 9.88 Å². The van der Waals surface area contributed by atoms with Gasteiger partial charge in [0.2, 0.25) is 5.91 Å². The summed E-state index contributed by atoms with van der Waals surface area (Å²) in [4.78, 5) is 42.9. The number of fused-ring (bicyclic) bond motifs is 1. The molecule has 1 atom stereocenters. The van der Waals surface area contributed by atoms with Crippen LogP contribution in [0.4, 0.5) is 5.69 Å². The van der Waals surface area contributed by atoms with Gasteiger partial charge in [0.05, 0.1) is 22.5 Å². The molecule has 30 heavy (non-hydrogen) atoms. The highest BCUT2D eigenvalue weighted by atomic mass is 16.2. The maximum Gasteiger partial charge on any atom is 0.333 e. The van der Waals surface area contributed by atoms with Gasteiger partial charge in [-0.25, -0.2) is 9.36 Å². The minimum absolute atomic E-state index is 0.0851. The summed E-state index contributed by atoms with van der Waals surface area (Å²) in [6, 6.07) is 23.3. The van der Waals surface area contributed by atoms with Crippen molar-refractivity contribution in [2.75, 3.05) is 11.9 Å². The van der Waals surface area contributed by atoms with Crippen LogP contribution in [0, 0.1) is 0 Å². The van der Waals surface area contributed by atoms with Crippen molar-refractivity contribution in [2.24, 2.45) is 0 Å². The number of likely N-dealkylation sites (N-methyl/N-ethyl adjacent to an activating group) is 1. The normalized spacial score (nSPS) is 11.9. The predicted molar refractivity (Wildman–Crippen MR) is 118 cm³/mol. The Labute approximate surface area is 173 Å². The Balaban J connectivity index is 1.73. The van der Waals surface area contributed by atoms with Crippen LogP contribution in [-0.4, -0.2) is 22.5 Å². The molecule has 0 aliphatic carbocycles. The molecule has 150 valence electrons. The van der Waals surface area contributed by atoms with Crippen LogP contribution in [0.25, 0.3) is 16.6 Å². The standard InChI is InChI=1S/C24H21N3O3/c1-16(22(28)26(2)18-10-4-3-5-11-18)17-9-8-12-19(15-17)27-23(29)20-13-6-7-14-21(20)25-24(27)30/h3-16H,1-2H3,(H,25,30). The number of carbonyl (C=O) groups is 1. The lowest BCUT2D eigenvalue weighted by molar-refractivity contribution is -0.119. The molecule has 1 aromatic heterocycles. The van der Waals surface area contributed by atoms with Gasteiger partial charge in [0.15, 0.2) is 0 Å². The molecule has 0 radical (unpaired) electrons. The van der Waals surface area contributed by atoms with Crippen LogP contribution < -0.4 is 16.1 Å². The van der Waals surface area contributed by atoms with Crippen LogP contribution in [-0.2, 0) is 4.79 Å². The van der Waals surface area contributed by atoms with E-state index in [9.17, 15) is 14.4 Å². The zero-order valence-electron chi connectivity index (χ0n) is 16.7. The summed E-state index contributed by atoms with van der Waals surface area (Å²) in [6.45, 7) is 1.81. The highest BCUT2D eigenvalue weighted by molar-refractivity contribution is 5.97. The van der Waals surface area contributed by atoms with Gasteiger partial charge in [0.25, 0.3) is 5.56 Å². The topological polar surface area (TPSA) is 75.2 Å². The Bertz CT molecular complexity index is 1340. The molecule has 1 N–H and O–H groups in total. The van der Waals surface area contributed by atoms with Gasteiger partial charge in [-0.3, -0.25) is 9.59 Å². The average Bonchev–Trinajstić information content (AvgIpc) is 2.78. The van der Waals surface area contributed by atoms with Crippen molar-refractivity contribution in [3.8, 4) is 5.69 Å². The van der Waals surface area contributed by atoms with Crippen LogP contribution in [0.1, 0.15) is 18.4 Å². The quantitative estimate of drug-likeness (QED) is 0.571. The zero-order valence-corrected chi connectivity index (χ0v) is 16.7. The van der Waals surface area contributed by atoms with Gasteiger partial charge in [-0.05, 0) is 48.9 Å². The molecule has 0 fully saturated rings. The highest BCUT2D eigenvalue weighted by Gasteiger charge is 2.21. The van der Waals surface area contributed by atoms with Crippen molar-refractivity contribution in [1.82, 2.24) is 9.55 Å². The van der Waals surface area contributed by atoms with E-state index in [-0.39, 0.29) is 5.91 Å². The summed E-state index contributed by atoms with van der Waals surface area (Å²) in [6.07, 6.45) is 0. The van der Waals surface area contributed by atoms with E-state index in [1.54, 1.807) is 54.4 Å². The third-order valence-corrected chi connectivity index (χ3v) is 5.28. The molecule has 1 amide bonds. The van der Waals surface area contributed by atoms with E-state index in [1.165, 1.54) is 0 Å². The molecule has 1 heterocycles. The highest BCUT2D eigenvalue weighted by Crippen LogP contribution is 2.23. The number of rotatable bonds is 4. The summed E-state index contributed by atoms with van der Waals surface area (Å²) < 4.78 is 1.10. The zero-order chi connectivity index (χ0) is 21.3. The molecular weight excluding hydrogens is 378 g/mol. The maximum atomic E-state index is 13.0. The lowest BCUT2D eigenvalue weighted by Crippen LogP contribution is -2.34. The fourth-order valence-electron chi connectivity index (χ4n) is 3.54. The molecule has 0 bridgehead atoms. The molecule has 0 saturated carbocycles. The minimum atomic E-state index is -0.517. The molecule has 6 heteroatoms. The Hall–Kier alpha value is -3.93. The number of benzene rings is 3. The molecule has 0 aliphatic rings. The van der Waals surface area contributed by atoms with E-state index >= 15 is 0 Å². The summed E-state index contributed by atoms with van der Waals surface area (Å²) in [7, 11) is 1.73. The number of carbonyl (C=O) groups excluding carboxylic acids is 1. The average molecular weight is 399 g/mol. The molecule has 4 rings (SSSR count). The second kappa shape index (κ2) is 7.83. The first-order valence-electron chi connectivity index (χ1n) is 9.64. The summed E-state index contributed by atoms with van der Waals surface area (Å²) >= 11 is 0. The van der Waals surface area contributed by atoms with Gasteiger partial charge in [-0.15, -0.1) is 0 Å². The molecule has 1 unspecified atom stereocenters. The molecular formula is C24H21N3O3. The summed E-state index contributed by atoms with van der Waals surface area (Å²) in [5, 5.41) is 0.426. The Morgan fingerprint density at radius 2 is 1.63 bits per heavy atom. The SMILES string of the molecule is CC(C(=O)N(C)c1ccccc1)c1cccc(-n2c(=O)[nH]c3ccccc3c2=O)c1. The number of aromatic amines is 1. The van der Waals surface area contributed by atoms with Crippen LogP contribution in [0.3, 0.4) is 0 Å². The van der Waals surface area contributed by atoms with Crippen molar-refractivity contribution in [2.45, 2.75) is 12.8 Å². The van der Waals surface area contributed by atoms with Gasteiger partial charge in [-0.2, -0.15) is 0 Å². The van der Waals surface area contributed by atoms with E-state index in [0.717, 1.165) is 15.8 Å². The minimum Gasteiger partial charge on any atom is -0.315 e. The van der Waals surface area contributed by atoms with Gasteiger partial charge in [0.1, 0.15) is 0 Å². The Morgan fingerprint density at radius 1 is 0.933 bits per heavy atom. The van der Waals surface area contributed by atoms with Crippen LogP contribution >= 0.6 is 0 Å². The van der Waals surface area contributed by atoms with Crippen LogP contribution in [0.5, 0.6) is 0 Å². The number of amides is 1. The van der Waals surface area contributed by atoms with E-state index in [1.807, 2.05) is 43.3 Å². The molecule has 4 aromatic rings. The lowest BCUT2D eigenvalue weighted by atomic mass is 9.99. The van der Waals surface area contributed by atoms with Gasteiger partial charge >= 0.3 is 5.69 Å². The van der Waals surface area contributed by atoms with Crippen molar-refractivity contribution < 1.29 is 4.79 Å². The van der Waals surface area contributed by atoms with Crippen LogP contribution in [0.15, 0.2) is 88.5 Å². The summed E-state index contributed by atoms with van der Waals surface area (Å²) in [5.41, 5.74) is 1.52. The molecule has 3 aromatic carbocycles. The maximum absolute atomic E-state index is 13.0. The number of nitrogens with zero attached hydrogens (tertiary/aromatic N) is 2. The monoisotopic (exact) mass is 399 g/mol. The third-order valence-electron chi connectivity index (χ3n) is 5.28. The number of anilines is 1. The van der Waals surface area contributed by atoms with E-state index in [2.05, 4.69) is 4.98 Å². The second-order valence-corrected chi connectivity index (χ2v) is 7.17. The Morgan fingerprint density at radius 3 is 2.40 bits per heavy atom. The van der Waals surface area contributed by atoms with Crippen molar-refractivity contribution in [1.29, 1.82) is 0 Å². The van der Waals surface area contributed by atoms with E-state index < -0.39 is 17.2 Å². The summed E-state index contributed by atoms with van der Waals surface area (Å²) in [5.74, 6) is -0.538. The fourth-order valence-corrected chi connectivity index (χ4v) is 3.54. The largest absolute Gasteiger partial charge is 0.333 e. The Kier molecular flexibility index (Phi) is 5.06. The van der Waals surface area contributed by atoms with Crippen molar-refractivity contribution in [3.05, 3.63) is 105 Å². The van der Waals surface area contributed by atoms with Gasteiger partial charge in [-0.1, -0.05) is 42.5 Å². The number of para-hydroxylation sites is 2. The first kappa shape index (κ1) is 19.4. The van der Waals surface area contributed by atoms with Crippen molar-refractivity contribution in [3.63, 3.8) is 0 Å². The molecule has 0 spiro atoms. The number of hydrogen-bond acceptors (Lipinski definition) is 3. The lowest BCUT2D eigenvalue weighted by Gasteiger charge is -2.22. The molecule has 0 aliphatic heterocycles. The molecule has 0 saturated heterocycles. The third kappa shape index (κ3) is 3.43. The van der Waals surface area contributed by atoms with Crippen molar-refractivity contribution >= 4 is 22.5 Å². The van der Waals surface area contributed by atoms with E-state index in [0.29, 0.717) is 16.6 Å². The first-order valence-corrected chi connectivity index (χ1v) is 9.64. The van der Waals surface area contributed by atoms with E-state index in [4.69, 9.17) is 0 Å². The number of aromatic nitrogens is 2. The smallest absolute Gasteiger partial charge is 0.315 e. The fraction of sp³-hybridized carbons (Fsp3) is 0.125. The number of hydrogen-bond donors (Lipinski definition) is 1. The number of nitrogens with one attached hydrogen (secondary N) is 1. The first-order chi connectivity index (χ1) is 14.5. The molecule has 6 nitrogen and oxygen atoms in total. The van der Waals surface area contributed by atoms with Gasteiger partial charge in [0, 0.05) is 12.7 Å². The number of H-pyrrole nitrogens is 1. The van der Waals surface area contributed by atoms with Crippen LogP contribution in [0.2, 0.25) is 0 Å². The second-order valence-electron chi connectivity index (χ2n) is 7.17. The predicted octanol–water partition coefficient (Wildman–Crippen LogP) is 3.45.